The van der Waals surface area contributed by atoms with Crippen LogP contribution in [0.3, 0.4) is 0 Å². The van der Waals surface area contributed by atoms with Gasteiger partial charge in [0, 0.05) is 59.1 Å². The molecule has 0 spiro atoms. The number of likely N-dealkylation sites (N-methyl/N-ethyl adjacent to an activating group) is 1. The highest BCUT2D eigenvalue weighted by molar-refractivity contribution is 7.85. The maximum Gasteiger partial charge on any atom is 0.490 e. The van der Waals surface area contributed by atoms with E-state index in [4.69, 9.17) is 14.6 Å². The lowest BCUT2D eigenvalue weighted by Gasteiger charge is -2.42. The summed E-state index contributed by atoms with van der Waals surface area (Å²) in [4.78, 5) is 23.5. The van der Waals surface area contributed by atoms with Crippen molar-refractivity contribution in [3.05, 3.63) is 76.0 Å². The van der Waals surface area contributed by atoms with Crippen LogP contribution in [0.15, 0.2) is 64.2 Å². The van der Waals surface area contributed by atoms with Gasteiger partial charge in [-0.25, -0.2) is 13.2 Å². The van der Waals surface area contributed by atoms with Crippen LogP contribution in [-0.4, -0.2) is 78.3 Å². The van der Waals surface area contributed by atoms with Gasteiger partial charge in [-0.15, -0.1) is 0 Å². The zero-order valence-corrected chi connectivity index (χ0v) is 28.6. The van der Waals surface area contributed by atoms with Gasteiger partial charge in [-0.05, 0) is 62.6 Å². The van der Waals surface area contributed by atoms with Gasteiger partial charge in [0.2, 0.25) is 11.6 Å². The number of fused-ring (bicyclic) bond motifs is 8. The van der Waals surface area contributed by atoms with E-state index in [9.17, 15) is 30.9 Å². The number of benzene rings is 2. The Morgan fingerprint density at radius 2 is 1.76 bits per heavy atom. The molecule has 2 unspecified atom stereocenters. The molecule has 0 saturated carbocycles. The fraction of sp³-hybridized carbons (Fsp3) is 0.457. The van der Waals surface area contributed by atoms with Gasteiger partial charge in [0.1, 0.15) is 10.1 Å². The summed E-state index contributed by atoms with van der Waals surface area (Å²) in [5, 5.41) is 10.0. The lowest BCUT2D eigenvalue weighted by Crippen LogP contribution is -2.47. The van der Waals surface area contributed by atoms with Crippen molar-refractivity contribution in [2.45, 2.75) is 88.0 Å². The summed E-state index contributed by atoms with van der Waals surface area (Å²) in [6, 6.07) is 11.2. The average molecular weight is 702 g/mol. The largest absolute Gasteiger partial charge is 0.744 e. The monoisotopic (exact) mass is 701 g/mol. The molecule has 14 heteroatoms. The second-order valence-corrected chi connectivity index (χ2v) is 15.3. The van der Waals surface area contributed by atoms with Gasteiger partial charge < -0.3 is 24.6 Å². The number of anilines is 1. The molecule has 2 aromatic carbocycles. The lowest BCUT2D eigenvalue weighted by atomic mass is 9.74. The molecule has 0 radical (unpaired) electrons. The fourth-order valence-corrected chi connectivity index (χ4v) is 8.53. The summed E-state index contributed by atoms with van der Waals surface area (Å²) in [7, 11) is -4.56. The quantitative estimate of drug-likeness (QED) is 0.342. The molecule has 5 heterocycles. The van der Waals surface area contributed by atoms with Crippen LogP contribution in [0.4, 0.5) is 24.5 Å². The Morgan fingerprint density at radius 1 is 1.06 bits per heavy atom. The van der Waals surface area contributed by atoms with E-state index in [0.717, 1.165) is 54.0 Å². The first-order valence-corrected chi connectivity index (χ1v) is 17.5. The van der Waals surface area contributed by atoms with Crippen molar-refractivity contribution in [1.82, 2.24) is 5.32 Å². The molecule has 49 heavy (non-hydrogen) atoms. The molecule has 1 amide bonds. The van der Waals surface area contributed by atoms with Gasteiger partial charge in [-0.1, -0.05) is 26.0 Å². The highest BCUT2D eigenvalue weighted by Gasteiger charge is 2.54. The number of ether oxygens (including phenoxy) is 1. The molecule has 0 aromatic heterocycles. The van der Waals surface area contributed by atoms with Crippen molar-refractivity contribution < 1.29 is 50.1 Å². The minimum absolute atomic E-state index is 0.00430. The van der Waals surface area contributed by atoms with Crippen LogP contribution in [0.1, 0.15) is 64.2 Å². The minimum Gasteiger partial charge on any atom is -0.744 e. The van der Waals surface area contributed by atoms with Crippen molar-refractivity contribution >= 4 is 39.1 Å². The van der Waals surface area contributed by atoms with E-state index in [-0.39, 0.29) is 28.4 Å². The number of halogens is 3. The Kier molecular flexibility index (Phi) is 8.39. The molecule has 10 nitrogen and oxygen atoms in total. The lowest BCUT2D eigenvalue weighted by molar-refractivity contribution is -0.445. The number of alkyl halides is 3. The summed E-state index contributed by atoms with van der Waals surface area (Å²) >= 11 is 0. The summed E-state index contributed by atoms with van der Waals surface area (Å²) < 4.78 is 76.5. The number of carboxylic acid groups (broad SMARTS) is 1. The summed E-state index contributed by atoms with van der Waals surface area (Å²) in [6.07, 6.45) is -0.678. The number of hydrogen-bond donors (Lipinski definition) is 2. The summed E-state index contributed by atoms with van der Waals surface area (Å²) in [5.74, 6) is -2.73. The third-order valence-corrected chi connectivity index (χ3v) is 10.9. The van der Waals surface area contributed by atoms with Gasteiger partial charge in [-0.3, -0.25) is 4.79 Å². The van der Waals surface area contributed by atoms with E-state index >= 15 is 0 Å². The Labute approximate surface area is 282 Å². The maximum absolute atomic E-state index is 12.3. The molecule has 0 fully saturated rings. The molecule has 0 aliphatic carbocycles. The first-order chi connectivity index (χ1) is 22.8. The minimum atomic E-state index is -5.08. The topological polar surface area (TPSA) is 139 Å². The normalized spacial score (nSPS) is 22.8. The molecule has 5 aliphatic rings. The smallest absolute Gasteiger partial charge is 0.490 e. The number of nitrogens with zero attached hydrogens (tertiary/aromatic N) is 2. The van der Waals surface area contributed by atoms with Gasteiger partial charge in [0.05, 0.1) is 28.9 Å². The highest BCUT2D eigenvalue weighted by atomic mass is 32.2. The van der Waals surface area contributed by atoms with Gasteiger partial charge in [0.15, 0.2) is 12.3 Å². The molecule has 0 saturated heterocycles. The standard InChI is InChI=1S/C33H37N3O5S.C2HF3O2/c1-6-34-29(37)16-19-7-9-25-23(15-19)32(2,3)30-21-18-22-28(41-27(21)11-13-35(25)30)12-14-36-26-10-8-20(42(38,39)40)17-24(26)33(4,5)31(22)36;3-2(4,5)1(6)7/h7-10,15,17-18,27-28H,6,11-14,16H2,1-5H3,(H-,34,37,38,39,40);(H,6,7). The number of amides is 1. The third kappa shape index (κ3) is 5.87. The zero-order valence-electron chi connectivity index (χ0n) is 27.8. The molecule has 7 rings (SSSR count). The Hall–Kier alpha value is -4.01. The Balaban J connectivity index is 0.000000540. The number of carbonyl (C=O) groups is 2. The number of nitrogens with one attached hydrogen (secondary N) is 1. The summed E-state index contributed by atoms with van der Waals surface area (Å²) in [6.45, 7) is 12.9. The molecule has 2 N–H and O–H groups in total. The van der Waals surface area contributed by atoms with Crippen LogP contribution in [0.5, 0.6) is 0 Å². The van der Waals surface area contributed by atoms with E-state index in [0.29, 0.717) is 13.0 Å². The SMILES string of the molecule is CCNC(=O)Cc1ccc2c(c1)C(C)(C)C1=C3C=C4C5=[N+](CCC4OC3CCN12)c1ccc(S(=O)(=O)[O-])cc1C5(C)C.O=C(O)C(F)(F)F. The molecule has 0 bridgehead atoms. The number of carboxylic acids is 1. The Bertz CT molecular complexity index is 1980. The first-order valence-electron chi connectivity index (χ1n) is 16.1. The number of carbonyl (C=O) groups excluding carboxylic acids is 1. The average Bonchev–Trinajstić information content (AvgIpc) is 3.38. The van der Waals surface area contributed by atoms with E-state index in [1.54, 1.807) is 12.1 Å². The molecule has 2 atom stereocenters. The van der Waals surface area contributed by atoms with E-state index in [2.05, 4.69) is 66.8 Å². The van der Waals surface area contributed by atoms with Crippen molar-refractivity contribution in [3.8, 4) is 0 Å². The second kappa shape index (κ2) is 11.8. The van der Waals surface area contributed by atoms with Crippen LogP contribution in [0, 0.1) is 0 Å². The van der Waals surface area contributed by atoms with E-state index in [1.807, 2.05) is 6.92 Å². The second-order valence-electron chi connectivity index (χ2n) is 13.9. The van der Waals surface area contributed by atoms with Crippen LogP contribution in [0.2, 0.25) is 0 Å². The van der Waals surface area contributed by atoms with Gasteiger partial charge in [-0.2, -0.15) is 17.7 Å². The molecule has 2 aromatic rings. The molecular formula is C35H38F3N3O7S. The fourth-order valence-electron chi connectivity index (χ4n) is 8.03. The number of hydrogen-bond acceptors (Lipinski definition) is 7. The highest BCUT2D eigenvalue weighted by Crippen LogP contribution is 2.54. The number of rotatable bonds is 4. The molecule has 262 valence electrons. The van der Waals surface area contributed by atoms with Crippen molar-refractivity contribution in [2.75, 3.05) is 24.5 Å². The van der Waals surface area contributed by atoms with Crippen molar-refractivity contribution in [1.29, 1.82) is 0 Å². The third-order valence-electron chi connectivity index (χ3n) is 10.1. The van der Waals surface area contributed by atoms with Crippen molar-refractivity contribution in [3.63, 3.8) is 0 Å². The van der Waals surface area contributed by atoms with Crippen LogP contribution >= 0.6 is 0 Å². The Morgan fingerprint density at radius 3 is 2.39 bits per heavy atom. The van der Waals surface area contributed by atoms with Crippen LogP contribution in [-0.2, 0) is 41.7 Å². The van der Waals surface area contributed by atoms with Crippen LogP contribution in [0.25, 0.3) is 0 Å². The van der Waals surface area contributed by atoms with Crippen molar-refractivity contribution in [2.24, 2.45) is 0 Å². The van der Waals surface area contributed by atoms with E-state index in [1.165, 1.54) is 28.6 Å². The van der Waals surface area contributed by atoms with E-state index < -0.39 is 27.7 Å². The zero-order chi connectivity index (χ0) is 35.8. The van der Waals surface area contributed by atoms with Crippen LogP contribution < -0.4 is 10.2 Å². The molecule has 5 aliphatic heterocycles. The summed E-state index contributed by atoms with van der Waals surface area (Å²) in [5.41, 5.74) is 9.17. The predicted octanol–water partition coefficient (Wildman–Crippen LogP) is 4.83. The number of aliphatic carboxylic acids is 1. The van der Waals surface area contributed by atoms with Gasteiger partial charge >= 0.3 is 12.1 Å². The number of allylic oxidation sites excluding steroid dienone is 1. The maximum atomic E-state index is 12.3. The molecular weight excluding hydrogens is 663 g/mol. The first kappa shape index (κ1) is 34.8. The van der Waals surface area contributed by atoms with Gasteiger partial charge in [0.25, 0.3) is 0 Å². The predicted molar refractivity (Wildman–Crippen MR) is 173 cm³/mol.